The predicted molar refractivity (Wildman–Crippen MR) is 54.8 cm³/mol. The minimum atomic E-state index is 0.402. The average molecular weight is 255 g/mol. The van der Waals surface area contributed by atoms with Crippen LogP contribution >= 0.6 is 15.9 Å². The second-order valence-electron chi connectivity index (χ2n) is 2.74. The number of hydrogen-bond acceptors (Lipinski definition) is 3. The van der Waals surface area contributed by atoms with E-state index in [9.17, 15) is 4.79 Å². The molecule has 2 rings (SSSR count). The van der Waals surface area contributed by atoms with Gasteiger partial charge in [0, 0.05) is 6.20 Å². The van der Waals surface area contributed by atoms with Crippen LogP contribution < -0.4 is 4.74 Å². The van der Waals surface area contributed by atoms with Crippen molar-refractivity contribution in [1.29, 1.82) is 0 Å². The Hall–Kier alpha value is -1.36. The number of methoxy groups -OCH3 is 1. The number of halogens is 1. The standard InChI is InChI=1S/C9H7BrN2O2/c1-14-7-2-8(10)9-11-6(5-13)3-12(9)4-7/h2-5H,1H3. The average Bonchev–Trinajstić information content (AvgIpc) is 2.61. The summed E-state index contributed by atoms with van der Waals surface area (Å²) >= 11 is 3.35. The molecule has 4 nitrogen and oxygen atoms in total. The number of imidazole rings is 1. The van der Waals surface area contributed by atoms with Crippen LogP contribution in [0, 0.1) is 0 Å². The second kappa shape index (κ2) is 3.42. The van der Waals surface area contributed by atoms with Crippen molar-refractivity contribution in [1.82, 2.24) is 9.38 Å². The first-order valence-corrected chi connectivity index (χ1v) is 4.71. The molecule has 0 atom stereocenters. The van der Waals surface area contributed by atoms with Crippen molar-refractivity contribution >= 4 is 27.9 Å². The minimum Gasteiger partial charge on any atom is -0.495 e. The third-order valence-corrected chi connectivity index (χ3v) is 2.44. The highest BCUT2D eigenvalue weighted by Crippen LogP contribution is 2.23. The zero-order valence-corrected chi connectivity index (χ0v) is 8.98. The highest BCUT2D eigenvalue weighted by Gasteiger charge is 2.06. The number of ether oxygens (including phenoxy) is 1. The molecule has 0 unspecified atom stereocenters. The smallest absolute Gasteiger partial charge is 0.170 e. The predicted octanol–water partition coefficient (Wildman–Crippen LogP) is 1.92. The van der Waals surface area contributed by atoms with Gasteiger partial charge in [-0.3, -0.25) is 4.79 Å². The Bertz CT molecular complexity index is 493. The van der Waals surface area contributed by atoms with E-state index >= 15 is 0 Å². The van der Waals surface area contributed by atoms with E-state index in [0.29, 0.717) is 23.4 Å². The van der Waals surface area contributed by atoms with Crippen LogP contribution in [0.2, 0.25) is 0 Å². The van der Waals surface area contributed by atoms with Gasteiger partial charge in [0.05, 0.1) is 17.8 Å². The summed E-state index contributed by atoms with van der Waals surface area (Å²) in [7, 11) is 1.59. The van der Waals surface area contributed by atoms with Gasteiger partial charge in [-0.05, 0) is 22.0 Å². The molecule has 0 spiro atoms. The fraction of sp³-hybridized carbons (Fsp3) is 0.111. The van der Waals surface area contributed by atoms with Gasteiger partial charge in [-0.15, -0.1) is 0 Å². The maximum absolute atomic E-state index is 10.5. The first-order valence-electron chi connectivity index (χ1n) is 3.92. The first-order chi connectivity index (χ1) is 6.74. The number of hydrogen-bond donors (Lipinski definition) is 0. The van der Waals surface area contributed by atoms with Crippen molar-refractivity contribution in [2.24, 2.45) is 0 Å². The number of pyridine rings is 1. The molecule has 0 radical (unpaired) electrons. The number of nitrogens with zero attached hydrogens (tertiary/aromatic N) is 2. The van der Waals surface area contributed by atoms with E-state index in [4.69, 9.17) is 4.74 Å². The van der Waals surface area contributed by atoms with Crippen LogP contribution in [0.25, 0.3) is 5.65 Å². The molecule has 0 aliphatic heterocycles. The molecule has 2 aromatic heterocycles. The maximum Gasteiger partial charge on any atom is 0.170 e. The van der Waals surface area contributed by atoms with Crippen LogP contribution in [0.1, 0.15) is 10.5 Å². The molecule has 0 N–H and O–H groups in total. The molecule has 5 heteroatoms. The van der Waals surface area contributed by atoms with E-state index < -0.39 is 0 Å². The van der Waals surface area contributed by atoms with Gasteiger partial charge >= 0.3 is 0 Å². The highest BCUT2D eigenvalue weighted by molar-refractivity contribution is 9.10. The van der Waals surface area contributed by atoms with E-state index in [1.165, 1.54) is 0 Å². The Labute approximate surface area is 88.6 Å². The van der Waals surface area contributed by atoms with Crippen molar-refractivity contribution in [3.63, 3.8) is 0 Å². The summed E-state index contributed by atoms with van der Waals surface area (Å²) in [4.78, 5) is 14.6. The summed E-state index contributed by atoms with van der Waals surface area (Å²) in [6, 6.07) is 1.80. The quantitative estimate of drug-likeness (QED) is 0.770. The maximum atomic E-state index is 10.5. The number of aldehydes is 1. The Morgan fingerprint density at radius 1 is 1.57 bits per heavy atom. The second-order valence-corrected chi connectivity index (χ2v) is 3.60. The highest BCUT2D eigenvalue weighted by atomic mass is 79.9. The lowest BCUT2D eigenvalue weighted by Crippen LogP contribution is -1.88. The van der Waals surface area contributed by atoms with E-state index in [-0.39, 0.29) is 0 Å². The third kappa shape index (κ3) is 1.39. The zero-order chi connectivity index (χ0) is 10.1. The van der Waals surface area contributed by atoms with Crippen LogP contribution in [0.4, 0.5) is 0 Å². The molecule has 0 aromatic carbocycles. The number of carbonyl (C=O) groups excluding carboxylic acids is 1. The van der Waals surface area contributed by atoms with Crippen LogP contribution in [0.5, 0.6) is 5.75 Å². The van der Waals surface area contributed by atoms with Gasteiger partial charge in [-0.2, -0.15) is 0 Å². The van der Waals surface area contributed by atoms with Crippen molar-refractivity contribution < 1.29 is 9.53 Å². The minimum absolute atomic E-state index is 0.402. The Morgan fingerprint density at radius 3 is 3.00 bits per heavy atom. The van der Waals surface area contributed by atoms with E-state index in [2.05, 4.69) is 20.9 Å². The van der Waals surface area contributed by atoms with Crippen LogP contribution in [-0.4, -0.2) is 22.8 Å². The monoisotopic (exact) mass is 254 g/mol. The normalized spacial score (nSPS) is 10.4. The van der Waals surface area contributed by atoms with Crippen LogP contribution in [-0.2, 0) is 0 Å². The van der Waals surface area contributed by atoms with Crippen molar-refractivity contribution in [2.75, 3.05) is 7.11 Å². The van der Waals surface area contributed by atoms with Gasteiger partial charge in [-0.25, -0.2) is 4.98 Å². The summed E-state index contributed by atoms with van der Waals surface area (Å²) in [5, 5.41) is 0. The largest absolute Gasteiger partial charge is 0.495 e. The van der Waals surface area contributed by atoms with E-state index in [0.717, 1.165) is 4.47 Å². The molecule has 0 fully saturated rings. The van der Waals surface area contributed by atoms with Crippen molar-refractivity contribution in [3.8, 4) is 5.75 Å². The lowest BCUT2D eigenvalue weighted by Gasteiger charge is -2.01. The molecule has 0 saturated carbocycles. The lowest BCUT2D eigenvalue weighted by atomic mass is 10.4. The molecule has 2 aromatic rings. The molecule has 2 heterocycles. The van der Waals surface area contributed by atoms with Gasteiger partial charge in [0.1, 0.15) is 11.4 Å². The summed E-state index contributed by atoms with van der Waals surface area (Å²) in [6.45, 7) is 0. The van der Waals surface area contributed by atoms with Gasteiger partial charge in [0.2, 0.25) is 0 Å². The molecule has 72 valence electrons. The summed E-state index contributed by atoms with van der Waals surface area (Å²) in [6.07, 6.45) is 4.13. The molecule has 0 amide bonds. The summed E-state index contributed by atoms with van der Waals surface area (Å²) in [5.41, 5.74) is 1.10. The molecule has 14 heavy (non-hydrogen) atoms. The SMILES string of the molecule is COc1cc(Br)c2nc(C=O)cn2c1. The topological polar surface area (TPSA) is 43.6 Å². The Balaban J connectivity index is 2.73. The fourth-order valence-electron chi connectivity index (χ4n) is 1.22. The Kier molecular flexibility index (Phi) is 2.25. The first kappa shape index (κ1) is 9.21. The lowest BCUT2D eigenvalue weighted by molar-refractivity contribution is 0.111. The van der Waals surface area contributed by atoms with Gasteiger partial charge in [0.15, 0.2) is 11.9 Å². The number of aromatic nitrogens is 2. The fourth-order valence-corrected chi connectivity index (χ4v) is 1.74. The van der Waals surface area contributed by atoms with E-state index in [1.807, 2.05) is 0 Å². The molecule has 0 bridgehead atoms. The number of carbonyl (C=O) groups is 1. The molecular formula is C9H7BrN2O2. The van der Waals surface area contributed by atoms with Gasteiger partial charge < -0.3 is 9.14 Å². The van der Waals surface area contributed by atoms with E-state index in [1.54, 1.807) is 30.0 Å². The van der Waals surface area contributed by atoms with Crippen LogP contribution in [0.15, 0.2) is 22.9 Å². The van der Waals surface area contributed by atoms with Crippen molar-refractivity contribution in [3.05, 3.63) is 28.6 Å². The zero-order valence-electron chi connectivity index (χ0n) is 7.40. The van der Waals surface area contributed by atoms with Crippen molar-refractivity contribution in [2.45, 2.75) is 0 Å². The molecule has 0 saturated heterocycles. The molecule has 0 aliphatic rings. The third-order valence-electron chi connectivity index (χ3n) is 1.86. The van der Waals surface area contributed by atoms with Gasteiger partial charge in [-0.1, -0.05) is 0 Å². The summed E-state index contributed by atoms with van der Waals surface area (Å²) < 4.78 is 7.62. The van der Waals surface area contributed by atoms with Gasteiger partial charge in [0.25, 0.3) is 0 Å². The number of rotatable bonds is 2. The van der Waals surface area contributed by atoms with Crippen LogP contribution in [0.3, 0.4) is 0 Å². The summed E-state index contributed by atoms with van der Waals surface area (Å²) in [5.74, 6) is 0.708. The number of fused-ring (bicyclic) bond motifs is 1. The molecule has 0 aliphatic carbocycles. The molecular weight excluding hydrogens is 248 g/mol. The Morgan fingerprint density at radius 2 is 2.36 bits per heavy atom.